The molecule has 0 atom stereocenters. The van der Waals surface area contributed by atoms with E-state index in [0.29, 0.717) is 11.5 Å². The number of carbonyl (C=O) groups excluding carboxylic acids is 1. The Labute approximate surface area is 185 Å². The van der Waals surface area contributed by atoms with Gasteiger partial charge in [0.25, 0.3) is 5.91 Å². The van der Waals surface area contributed by atoms with Crippen LogP contribution in [0.2, 0.25) is 0 Å². The first-order valence-corrected chi connectivity index (χ1v) is 10.1. The van der Waals surface area contributed by atoms with E-state index in [1.807, 2.05) is 89.8 Å². The zero-order chi connectivity index (χ0) is 21.8. The predicted molar refractivity (Wildman–Crippen MR) is 125 cm³/mol. The van der Waals surface area contributed by atoms with Crippen LogP contribution < -0.4 is 10.6 Å². The fraction of sp³-hybridized carbons (Fsp3) is 0. The summed E-state index contributed by atoms with van der Waals surface area (Å²) in [6.07, 6.45) is 7.23. The molecule has 2 N–H and O–H groups in total. The number of anilines is 3. The summed E-state index contributed by atoms with van der Waals surface area (Å²) < 4.78 is 3.68. The largest absolute Gasteiger partial charge is 0.323 e. The number of aromatic nitrogens is 4. The van der Waals surface area contributed by atoms with Crippen LogP contribution in [-0.2, 0) is 0 Å². The highest BCUT2D eigenvalue weighted by atomic mass is 16.1. The van der Waals surface area contributed by atoms with Crippen LogP contribution in [-0.4, -0.2) is 25.2 Å². The summed E-state index contributed by atoms with van der Waals surface area (Å²) >= 11 is 0. The second kappa shape index (κ2) is 8.61. The average molecular weight is 420 g/mol. The molecule has 2 aromatic heterocycles. The molecule has 156 valence electrons. The van der Waals surface area contributed by atoms with Crippen LogP contribution in [0.3, 0.4) is 0 Å². The summed E-state index contributed by atoms with van der Waals surface area (Å²) in [4.78, 5) is 17.0. The van der Waals surface area contributed by atoms with Crippen LogP contribution in [0.1, 0.15) is 10.4 Å². The van der Waals surface area contributed by atoms with Gasteiger partial charge in [0.05, 0.1) is 23.8 Å². The normalized spacial score (nSPS) is 10.6. The lowest BCUT2D eigenvalue weighted by atomic mass is 10.2. The summed E-state index contributed by atoms with van der Waals surface area (Å²) in [6.45, 7) is 0. The molecule has 5 aromatic rings. The molecule has 3 aromatic carbocycles. The van der Waals surface area contributed by atoms with Crippen molar-refractivity contribution in [3.05, 3.63) is 115 Å². The maximum atomic E-state index is 12.6. The second-order valence-electron chi connectivity index (χ2n) is 7.13. The van der Waals surface area contributed by atoms with Crippen molar-refractivity contribution in [1.29, 1.82) is 0 Å². The summed E-state index contributed by atoms with van der Waals surface area (Å²) in [5.41, 5.74) is 3.88. The standard InChI is InChI=1S/C25H20N6O/c32-24(28-20-9-3-1-4-10-20)19-8-7-13-23(16-19)31-18-21(17-27-31)29-25-26-14-15-30(25)22-11-5-2-6-12-22/h1-18H,(H,26,29)(H,28,32). The molecule has 7 heteroatoms. The fourth-order valence-corrected chi connectivity index (χ4v) is 3.36. The minimum Gasteiger partial charge on any atom is -0.323 e. The monoisotopic (exact) mass is 420 g/mol. The zero-order valence-corrected chi connectivity index (χ0v) is 17.1. The van der Waals surface area contributed by atoms with Crippen LogP contribution in [0.4, 0.5) is 17.3 Å². The van der Waals surface area contributed by atoms with Gasteiger partial charge in [0, 0.05) is 29.3 Å². The number of imidazole rings is 1. The highest BCUT2D eigenvalue weighted by Crippen LogP contribution is 2.20. The maximum Gasteiger partial charge on any atom is 0.255 e. The van der Waals surface area contributed by atoms with E-state index in [1.165, 1.54) is 0 Å². The number of nitrogens with zero attached hydrogens (tertiary/aromatic N) is 4. The van der Waals surface area contributed by atoms with Gasteiger partial charge in [-0.3, -0.25) is 9.36 Å². The van der Waals surface area contributed by atoms with E-state index in [0.717, 1.165) is 22.7 Å². The average Bonchev–Trinajstić information content (AvgIpc) is 3.50. The molecule has 2 heterocycles. The zero-order valence-electron chi connectivity index (χ0n) is 17.1. The molecule has 0 aliphatic heterocycles. The molecular weight excluding hydrogens is 400 g/mol. The molecule has 0 aliphatic carbocycles. The van der Waals surface area contributed by atoms with Gasteiger partial charge in [0.15, 0.2) is 0 Å². The molecular formula is C25H20N6O. The van der Waals surface area contributed by atoms with Gasteiger partial charge < -0.3 is 10.6 Å². The van der Waals surface area contributed by atoms with Gasteiger partial charge >= 0.3 is 0 Å². The molecule has 0 saturated heterocycles. The topological polar surface area (TPSA) is 76.8 Å². The van der Waals surface area contributed by atoms with E-state index in [2.05, 4.69) is 20.7 Å². The molecule has 5 rings (SSSR count). The number of nitrogens with one attached hydrogen (secondary N) is 2. The first kappa shape index (κ1) is 19.3. The molecule has 7 nitrogen and oxygen atoms in total. The Morgan fingerprint density at radius 3 is 2.38 bits per heavy atom. The number of rotatable bonds is 6. The smallest absolute Gasteiger partial charge is 0.255 e. The van der Waals surface area contributed by atoms with E-state index in [4.69, 9.17) is 0 Å². The highest BCUT2D eigenvalue weighted by Gasteiger charge is 2.10. The number of hydrogen-bond acceptors (Lipinski definition) is 4. The SMILES string of the molecule is O=C(Nc1ccccc1)c1cccc(-n2cc(Nc3nccn3-c3ccccc3)cn2)c1. The lowest BCUT2D eigenvalue weighted by Crippen LogP contribution is -2.12. The fourth-order valence-electron chi connectivity index (χ4n) is 3.36. The third kappa shape index (κ3) is 4.13. The Morgan fingerprint density at radius 2 is 1.56 bits per heavy atom. The van der Waals surface area contributed by atoms with E-state index < -0.39 is 0 Å². The lowest BCUT2D eigenvalue weighted by molar-refractivity contribution is 0.102. The van der Waals surface area contributed by atoms with E-state index in [-0.39, 0.29) is 5.91 Å². The first-order valence-electron chi connectivity index (χ1n) is 10.1. The summed E-state index contributed by atoms with van der Waals surface area (Å²) in [6, 6.07) is 26.7. The van der Waals surface area contributed by atoms with Crippen molar-refractivity contribution >= 4 is 23.2 Å². The van der Waals surface area contributed by atoms with Gasteiger partial charge in [-0.15, -0.1) is 0 Å². The molecule has 0 bridgehead atoms. The van der Waals surface area contributed by atoms with Gasteiger partial charge in [-0.2, -0.15) is 5.10 Å². The molecule has 32 heavy (non-hydrogen) atoms. The third-order valence-electron chi connectivity index (χ3n) is 4.92. The van der Waals surface area contributed by atoms with Crippen molar-refractivity contribution < 1.29 is 4.79 Å². The molecule has 0 saturated carbocycles. The van der Waals surface area contributed by atoms with Crippen molar-refractivity contribution in [3.8, 4) is 11.4 Å². The maximum absolute atomic E-state index is 12.6. The lowest BCUT2D eigenvalue weighted by Gasteiger charge is -2.08. The second-order valence-corrected chi connectivity index (χ2v) is 7.13. The van der Waals surface area contributed by atoms with Crippen LogP contribution in [0.15, 0.2) is 110 Å². The number of para-hydroxylation sites is 2. The van der Waals surface area contributed by atoms with Crippen molar-refractivity contribution in [3.63, 3.8) is 0 Å². The Morgan fingerprint density at radius 1 is 0.812 bits per heavy atom. The summed E-state index contributed by atoms with van der Waals surface area (Å²) in [5.74, 6) is 0.514. The quantitative estimate of drug-likeness (QED) is 0.403. The van der Waals surface area contributed by atoms with Crippen LogP contribution in [0.5, 0.6) is 0 Å². The van der Waals surface area contributed by atoms with Crippen LogP contribution in [0, 0.1) is 0 Å². The Kier molecular flexibility index (Phi) is 5.20. The summed E-state index contributed by atoms with van der Waals surface area (Å²) in [7, 11) is 0. The molecule has 1 amide bonds. The predicted octanol–water partition coefficient (Wildman–Crippen LogP) is 5.05. The molecule has 0 fully saturated rings. The van der Waals surface area contributed by atoms with Gasteiger partial charge in [-0.25, -0.2) is 9.67 Å². The Balaban J connectivity index is 1.34. The highest BCUT2D eigenvalue weighted by molar-refractivity contribution is 6.04. The Bertz CT molecular complexity index is 1340. The summed E-state index contributed by atoms with van der Waals surface area (Å²) in [5, 5.41) is 10.6. The number of hydrogen-bond donors (Lipinski definition) is 2. The van der Waals surface area contributed by atoms with Gasteiger partial charge in [-0.1, -0.05) is 42.5 Å². The van der Waals surface area contributed by atoms with Crippen molar-refractivity contribution in [2.45, 2.75) is 0 Å². The van der Waals surface area contributed by atoms with Gasteiger partial charge in [-0.05, 0) is 42.5 Å². The molecule has 0 aliphatic rings. The van der Waals surface area contributed by atoms with E-state index >= 15 is 0 Å². The van der Waals surface area contributed by atoms with Gasteiger partial charge in [0.1, 0.15) is 0 Å². The number of amides is 1. The molecule has 0 spiro atoms. The van der Waals surface area contributed by atoms with Crippen molar-refractivity contribution in [2.24, 2.45) is 0 Å². The van der Waals surface area contributed by atoms with Crippen LogP contribution >= 0.6 is 0 Å². The van der Waals surface area contributed by atoms with Gasteiger partial charge in [0.2, 0.25) is 5.95 Å². The van der Waals surface area contributed by atoms with Crippen molar-refractivity contribution in [2.75, 3.05) is 10.6 Å². The molecule has 0 radical (unpaired) electrons. The minimum absolute atomic E-state index is 0.173. The minimum atomic E-state index is -0.173. The van der Waals surface area contributed by atoms with E-state index in [9.17, 15) is 4.79 Å². The van der Waals surface area contributed by atoms with E-state index in [1.54, 1.807) is 29.2 Å². The first-order chi connectivity index (χ1) is 15.8. The third-order valence-corrected chi connectivity index (χ3v) is 4.92. The number of carbonyl (C=O) groups is 1. The van der Waals surface area contributed by atoms with Crippen LogP contribution in [0.25, 0.3) is 11.4 Å². The molecule has 0 unspecified atom stereocenters. The number of benzene rings is 3. The Hall–Kier alpha value is -4.65. The van der Waals surface area contributed by atoms with Crippen molar-refractivity contribution in [1.82, 2.24) is 19.3 Å².